The third-order valence-corrected chi connectivity index (χ3v) is 8.54. The number of amides is 1. The van der Waals surface area contributed by atoms with Crippen molar-refractivity contribution in [2.24, 2.45) is 0 Å². The van der Waals surface area contributed by atoms with Gasteiger partial charge in [-0.25, -0.2) is 8.42 Å². The van der Waals surface area contributed by atoms with Crippen LogP contribution in [0.2, 0.25) is 0 Å². The molecule has 2 aliphatic rings. The molecular weight excluding hydrogens is 414 g/mol. The molecule has 6 nitrogen and oxygen atoms in total. The molecule has 1 saturated carbocycles. The molecule has 1 aliphatic carbocycles. The van der Waals surface area contributed by atoms with E-state index >= 15 is 0 Å². The Morgan fingerprint density at radius 1 is 1.00 bits per heavy atom. The first-order chi connectivity index (χ1) is 14.8. The van der Waals surface area contributed by atoms with Crippen molar-refractivity contribution >= 4 is 15.7 Å². The summed E-state index contributed by atoms with van der Waals surface area (Å²) in [6.45, 7) is 4.93. The first-order valence-electron chi connectivity index (χ1n) is 10.8. The van der Waals surface area contributed by atoms with Crippen LogP contribution in [-0.2, 0) is 15.3 Å². The average Bonchev–Trinajstić information content (AvgIpc) is 3.27. The smallest absolute Gasteiger partial charge is 0.251 e. The van der Waals surface area contributed by atoms with Crippen molar-refractivity contribution in [1.29, 1.82) is 0 Å². The second kappa shape index (κ2) is 8.54. The van der Waals surface area contributed by atoms with Gasteiger partial charge in [-0.15, -0.1) is 0 Å². The Labute approximate surface area is 183 Å². The average molecular weight is 444 g/mol. The summed E-state index contributed by atoms with van der Waals surface area (Å²) in [5.41, 5.74) is 1.48. The highest BCUT2D eigenvalue weighted by Crippen LogP contribution is 2.43. The minimum Gasteiger partial charge on any atom is -0.486 e. The van der Waals surface area contributed by atoms with Gasteiger partial charge in [0.15, 0.2) is 21.3 Å². The van der Waals surface area contributed by atoms with Crippen LogP contribution in [0.25, 0.3) is 0 Å². The van der Waals surface area contributed by atoms with E-state index in [1.54, 1.807) is 26.0 Å². The van der Waals surface area contributed by atoms with E-state index in [4.69, 9.17) is 9.47 Å². The molecule has 2 aromatic rings. The molecule has 7 heteroatoms. The van der Waals surface area contributed by atoms with Gasteiger partial charge in [0.2, 0.25) is 0 Å². The van der Waals surface area contributed by atoms with E-state index < -0.39 is 15.1 Å². The Kier molecular flexibility index (Phi) is 5.97. The van der Waals surface area contributed by atoms with Crippen LogP contribution in [0.1, 0.15) is 55.5 Å². The summed E-state index contributed by atoms with van der Waals surface area (Å²) in [5, 5.41) is 2.58. The number of sulfone groups is 1. The number of hydrogen-bond acceptors (Lipinski definition) is 5. The summed E-state index contributed by atoms with van der Waals surface area (Å²) in [6.07, 6.45) is 4.23. The molecule has 0 atom stereocenters. The van der Waals surface area contributed by atoms with Gasteiger partial charge in [-0.1, -0.05) is 18.9 Å². The summed E-state index contributed by atoms with van der Waals surface area (Å²) in [6, 6.07) is 12.3. The topological polar surface area (TPSA) is 81.7 Å². The van der Waals surface area contributed by atoms with Gasteiger partial charge >= 0.3 is 0 Å². The molecule has 0 saturated heterocycles. The molecule has 0 unspecified atom stereocenters. The molecule has 0 bridgehead atoms. The monoisotopic (exact) mass is 443 g/mol. The molecule has 0 radical (unpaired) electrons. The van der Waals surface area contributed by atoms with Gasteiger partial charge in [-0.05, 0) is 68.7 Å². The molecule has 1 amide bonds. The third kappa shape index (κ3) is 4.28. The van der Waals surface area contributed by atoms with Crippen molar-refractivity contribution in [3.63, 3.8) is 0 Å². The van der Waals surface area contributed by atoms with Crippen LogP contribution in [0.3, 0.4) is 0 Å². The van der Waals surface area contributed by atoms with Crippen LogP contribution < -0.4 is 14.8 Å². The predicted molar refractivity (Wildman–Crippen MR) is 119 cm³/mol. The highest BCUT2D eigenvalue weighted by atomic mass is 32.2. The number of hydrogen-bond donors (Lipinski definition) is 1. The maximum absolute atomic E-state index is 12.8. The van der Waals surface area contributed by atoms with Crippen LogP contribution in [0.15, 0.2) is 47.4 Å². The number of rotatable bonds is 6. The first kappa shape index (κ1) is 21.7. The van der Waals surface area contributed by atoms with Gasteiger partial charge in [0, 0.05) is 17.5 Å². The molecule has 166 valence electrons. The molecule has 0 aromatic heterocycles. The van der Waals surface area contributed by atoms with Crippen molar-refractivity contribution in [2.75, 3.05) is 19.8 Å². The highest BCUT2D eigenvalue weighted by Gasteiger charge is 2.37. The second-order valence-electron chi connectivity index (χ2n) is 8.65. The lowest BCUT2D eigenvalue weighted by atomic mass is 9.78. The molecule has 31 heavy (non-hydrogen) atoms. The Morgan fingerprint density at radius 3 is 2.29 bits per heavy atom. The normalized spacial score (nSPS) is 17.5. The van der Waals surface area contributed by atoms with Crippen LogP contribution in [0.4, 0.5) is 0 Å². The zero-order valence-corrected chi connectivity index (χ0v) is 18.8. The van der Waals surface area contributed by atoms with Gasteiger partial charge in [0.05, 0.1) is 10.1 Å². The number of carbonyl (C=O) groups is 1. The Hall–Kier alpha value is -2.54. The molecular formula is C24H29NO5S. The quantitative estimate of drug-likeness (QED) is 0.733. The standard InChI is InChI=1S/C24H29NO5S/c1-17(2)31(27,28)20-8-5-18(6-9-20)23(26)25-16-24(11-3-4-12-24)19-7-10-21-22(15-19)30-14-13-29-21/h5-10,15,17H,3-4,11-14,16H2,1-2H3,(H,25,26). The fourth-order valence-corrected chi connectivity index (χ4v) is 5.47. The SMILES string of the molecule is CC(C)S(=O)(=O)c1ccc(C(=O)NCC2(c3ccc4c(c3)OCCO4)CCCC2)cc1. The Bertz CT molecular complexity index is 1050. The van der Waals surface area contributed by atoms with Crippen LogP contribution in [-0.4, -0.2) is 39.3 Å². The maximum atomic E-state index is 12.8. The lowest BCUT2D eigenvalue weighted by Crippen LogP contribution is -2.39. The third-order valence-electron chi connectivity index (χ3n) is 6.37. The van der Waals surface area contributed by atoms with Crippen molar-refractivity contribution in [3.8, 4) is 11.5 Å². The number of carbonyl (C=O) groups excluding carboxylic acids is 1. The molecule has 1 heterocycles. The number of ether oxygens (including phenoxy) is 2. The van der Waals surface area contributed by atoms with Crippen LogP contribution in [0.5, 0.6) is 11.5 Å². The van der Waals surface area contributed by atoms with Gasteiger partial charge in [-0.2, -0.15) is 0 Å². The van der Waals surface area contributed by atoms with Crippen molar-refractivity contribution in [2.45, 2.75) is 55.1 Å². The molecule has 2 aromatic carbocycles. The van der Waals surface area contributed by atoms with Gasteiger partial charge in [0.25, 0.3) is 5.91 Å². The van der Waals surface area contributed by atoms with E-state index in [9.17, 15) is 13.2 Å². The lowest BCUT2D eigenvalue weighted by molar-refractivity contribution is 0.0943. The minimum atomic E-state index is -3.35. The van der Waals surface area contributed by atoms with E-state index in [0.717, 1.165) is 42.7 Å². The summed E-state index contributed by atoms with van der Waals surface area (Å²) in [7, 11) is -3.35. The van der Waals surface area contributed by atoms with E-state index in [0.29, 0.717) is 25.3 Å². The summed E-state index contributed by atoms with van der Waals surface area (Å²) in [5.74, 6) is 1.34. The first-order valence-corrected chi connectivity index (χ1v) is 12.4. The molecule has 1 fully saturated rings. The highest BCUT2D eigenvalue weighted by molar-refractivity contribution is 7.92. The van der Waals surface area contributed by atoms with Gasteiger partial charge < -0.3 is 14.8 Å². The Morgan fingerprint density at radius 2 is 1.65 bits per heavy atom. The lowest BCUT2D eigenvalue weighted by Gasteiger charge is -2.31. The van der Waals surface area contributed by atoms with Crippen molar-refractivity contribution in [1.82, 2.24) is 5.32 Å². The van der Waals surface area contributed by atoms with Crippen LogP contribution >= 0.6 is 0 Å². The van der Waals surface area contributed by atoms with E-state index in [1.807, 2.05) is 6.07 Å². The summed E-state index contributed by atoms with van der Waals surface area (Å²) >= 11 is 0. The molecule has 4 rings (SSSR count). The zero-order valence-electron chi connectivity index (χ0n) is 18.0. The fraction of sp³-hybridized carbons (Fsp3) is 0.458. The molecule has 1 aliphatic heterocycles. The number of nitrogens with one attached hydrogen (secondary N) is 1. The van der Waals surface area contributed by atoms with Gasteiger partial charge in [0.1, 0.15) is 13.2 Å². The fourth-order valence-electron chi connectivity index (χ4n) is 4.41. The van der Waals surface area contributed by atoms with E-state index in [1.165, 1.54) is 12.1 Å². The minimum absolute atomic E-state index is 0.133. The molecule has 1 N–H and O–H groups in total. The van der Waals surface area contributed by atoms with E-state index in [-0.39, 0.29) is 16.2 Å². The molecule has 0 spiro atoms. The maximum Gasteiger partial charge on any atom is 0.251 e. The van der Waals surface area contributed by atoms with E-state index in [2.05, 4.69) is 17.4 Å². The summed E-state index contributed by atoms with van der Waals surface area (Å²) in [4.78, 5) is 13.0. The largest absolute Gasteiger partial charge is 0.486 e. The van der Waals surface area contributed by atoms with Crippen molar-refractivity contribution in [3.05, 3.63) is 53.6 Å². The predicted octanol–water partition coefficient (Wildman–Crippen LogP) is 3.88. The number of fused-ring (bicyclic) bond motifs is 1. The van der Waals surface area contributed by atoms with Crippen molar-refractivity contribution < 1.29 is 22.7 Å². The zero-order chi connectivity index (χ0) is 22.1. The van der Waals surface area contributed by atoms with Crippen LogP contribution in [0, 0.1) is 0 Å². The second-order valence-corrected chi connectivity index (χ2v) is 11.2. The summed E-state index contributed by atoms with van der Waals surface area (Å²) < 4.78 is 36.0. The number of benzene rings is 2. The Balaban J connectivity index is 1.49. The van der Waals surface area contributed by atoms with Gasteiger partial charge in [-0.3, -0.25) is 4.79 Å².